The van der Waals surface area contributed by atoms with Crippen LogP contribution in [0, 0.1) is 6.92 Å². The fourth-order valence-electron chi connectivity index (χ4n) is 3.93. The largest absolute Gasteiger partial charge is 0.496 e. The highest BCUT2D eigenvalue weighted by Gasteiger charge is 2.25. The first-order valence-electron chi connectivity index (χ1n) is 11.7. The topological polar surface area (TPSA) is 88.2 Å². The molecule has 8 heteroatoms. The van der Waals surface area contributed by atoms with Crippen molar-refractivity contribution in [2.24, 2.45) is 0 Å². The van der Waals surface area contributed by atoms with Gasteiger partial charge in [-0.1, -0.05) is 18.2 Å². The second-order valence-corrected chi connectivity index (χ2v) is 8.15. The molecule has 0 atom stereocenters. The van der Waals surface area contributed by atoms with Gasteiger partial charge in [0.15, 0.2) is 0 Å². The molecule has 182 valence electrons. The molecule has 1 N–H and O–H groups in total. The molecule has 1 heterocycles. The van der Waals surface area contributed by atoms with E-state index in [1.54, 1.807) is 47.2 Å². The number of methoxy groups -OCH3 is 1. The first-order valence-corrected chi connectivity index (χ1v) is 11.7. The number of carbonyl (C=O) groups is 3. The van der Waals surface area contributed by atoms with Crippen molar-refractivity contribution >= 4 is 17.7 Å². The van der Waals surface area contributed by atoms with Gasteiger partial charge in [-0.25, -0.2) is 0 Å². The number of amides is 3. The highest BCUT2D eigenvalue weighted by atomic mass is 16.5. The van der Waals surface area contributed by atoms with E-state index in [0.29, 0.717) is 74.8 Å². The standard InChI is InChI=1S/C26H33N3O5/c1-4-34-22-9-6-5-8-21(22)25(31)27-13-7-10-24(30)28-14-16-29(17-15-28)26(32)20-12-11-19(2)23(18-20)33-3/h5-6,8-9,11-12,18H,4,7,10,13-17H2,1-3H3,(H,27,31). The minimum Gasteiger partial charge on any atom is -0.496 e. The first-order chi connectivity index (χ1) is 16.4. The SMILES string of the molecule is CCOc1ccccc1C(=O)NCCCC(=O)N1CCN(C(=O)c2ccc(C)c(OC)c2)CC1. The van der Waals surface area contributed by atoms with Crippen molar-refractivity contribution in [3.63, 3.8) is 0 Å². The van der Waals surface area contributed by atoms with Gasteiger partial charge in [-0.2, -0.15) is 0 Å². The third kappa shape index (κ3) is 6.27. The van der Waals surface area contributed by atoms with E-state index in [0.717, 1.165) is 5.56 Å². The van der Waals surface area contributed by atoms with Crippen LogP contribution >= 0.6 is 0 Å². The molecule has 1 fully saturated rings. The Morgan fingerprint density at radius 3 is 2.38 bits per heavy atom. The van der Waals surface area contributed by atoms with E-state index in [4.69, 9.17) is 9.47 Å². The predicted octanol–water partition coefficient (Wildman–Crippen LogP) is 2.90. The van der Waals surface area contributed by atoms with Crippen LogP contribution in [0.5, 0.6) is 11.5 Å². The quantitative estimate of drug-likeness (QED) is 0.573. The number of nitrogens with one attached hydrogen (secondary N) is 1. The number of aryl methyl sites for hydroxylation is 1. The molecule has 1 saturated heterocycles. The molecule has 3 amide bonds. The summed E-state index contributed by atoms with van der Waals surface area (Å²) in [4.78, 5) is 41.4. The summed E-state index contributed by atoms with van der Waals surface area (Å²) in [6, 6.07) is 12.5. The van der Waals surface area contributed by atoms with Crippen LogP contribution in [0.4, 0.5) is 0 Å². The van der Waals surface area contributed by atoms with Gasteiger partial charge in [-0.05, 0) is 50.1 Å². The Morgan fingerprint density at radius 2 is 1.68 bits per heavy atom. The minimum atomic E-state index is -0.212. The lowest BCUT2D eigenvalue weighted by atomic mass is 10.1. The summed E-state index contributed by atoms with van der Waals surface area (Å²) >= 11 is 0. The molecule has 0 unspecified atom stereocenters. The van der Waals surface area contributed by atoms with Crippen LogP contribution in [0.25, 0.3) is 0 Å². The van der Waals surface area contributed by atoms with Crippen LogP contribution in [0.15, 0.2) is 42.5 Å². The molecule has 0 spiro atoms. The first kappa shape index (κ1) is 25.1. The van der Waals surface area contributed by atoms with Crippen molar-refractivity contribution in [3.8, 4) is 11.5 Å². The zero-order valence-corrected chi connectivity index (χ0v) is 20.1. The van der Waals surface area contributed by atoms with E-state index in [1.165, 1.54) is 0 Å². The van der Waals surface area contributed by atoms with Gasteiger partial charge in [0.25, 0.3) is 11.8 Å². The minimum absolute atomic E-state index is 0.0352. The van der Waals surface area contributed by atoms with Crippen molar-refractivity contribution in [3.05, 3.63) is 59.2 Å². The normalized spacial score (nSPS) is 13.4. The molecule has 0 bridgehead atoms. The van der Waals surface area contributed by atoms with E-state index < -0.39 is 0 Å². The predicted molar refractivity (Wildman–Crippen MR) is 129 cm³/mol. The Kier molecular flexibility index (Phi) is 8.90. The molecule has 2 aromatic rings. The second-order valence-electron chi connectivity index (χ2n) is 8.15. The summed E-state index contributed by atoms with van der Waals surface area (Å²) in [5.41, 5.74) is 2.05. The van der Waals surface area contributed by atoms with Crippen LogP contribution < -0.4 is 14.8 Å². The monoisotopic (exact) mass is 467 g/mol. The van der Waals surface area contributed by atoms with Crippen molar-refractivity contribution in [2.45, 2.75) is 26.7 Å². The van der Waals surface area contributed by atoms with Crippen LogP contribution in [0.3, 0.4) is 0 Å². The number of nitrogens with zero attached hydrogens (tertiary/aromatic N) is 2. The fourth-order valence-corrected chi connectivity index (χ4v) is 3.93. The lowest BCUT2D eigenvalue weighted by molar-refractivity contribution is -0.132. The summed E-state index contributed by atoms with van der Waals surface area (Å²) in [7, 11) is 1.59. The van der Waals surface area contributed by atoms with Gasteiger partial charge >= 0.3 is 0 Å². The van der Waals surface area contributed by atoms with Crippen LogP contribution in [-0.2, 0) is 4.79 Å². The van der Waals surface area contributed by atoms with Gasteiger partial charge in [-0.3, -0.25) is 14.4 Å². The van der Waals surface area contributed by atoms with Crippen LogP contribution in [0.1, 0.15) is 46.0 Å². The maximum Gasteiger partial charge on any atom is 0.255 e. The average Bonchev–Trinajstić information content (AvgIpc) is 2.87. The Balaban J connectivity index is 1.41. The molecule has 3 rings (SSSR count). The van der Waals surface area contributed by atoms with Crippen molar-refractivity contribution < 1.29 is 23.9 Å². The van der Waals surface area contributed by atoms with E-state index >= 15 is 0 Å². The summed E-state index contributed by atoms with van der Waals surface area (Å²) in [5, 5.41) is 2.86. The van der Waals surface area contributed by atoms with E-state index in [1.807, 2.05) is 26.0 Å². The number of piperazine rings is 1. The van der Waals surface area contributed by atoms with Crippen molar-refractivity contribution in [1.82, 2.24) is 15.1 Å². The van der Waals surface area contributed by atoms with Gasteiger partial charge in [0.05, 0.1) is 19.3 Å². The zero-order chi connectivity index (χ0) is 24.5. The fraction of sp³-hybridized carbons (Fsp3) is 0.423. The molecule has 1 aliphatic rings. The summed E-state index contributed by atoms with van der Waals surface area (Å²) < 4.78 is 10.8. The number of hydrogen-bond acceptors (Lipinski definition) is 5. The summed E-state index contributed by atoms with van der Waals surface area (Å²) in [5.74, 6) is 1.01. The van der Waals surface area contributed by atoms with E-state index in [-0.39, 0.29) is 17.7 Å². The average molecular weight is 468 g/mol. The smallest absolute Gasteiger partial charge is 0.255 e. The van der Waals surface area contributed by atoms with Crippen LogP contribution in [0.2, 0.25) is 0 Å². The highest BCUT2D eigenvalue weighted by Crippen LogP contribution is 2.21. The molecular formula is C26H33N3O5. The zero-order valence-electron chi connectivity index (χ0n) is 20.1. The number of ether oxygens (including phenoxy) is 2. The van der Waals surface area contributed by atoms with Gasteiger partial charge in [0.1, 0.15) is 11.5 Å². The molecular weight excluding hydrogens is 434 g/mol. The Hall–Kier alpha value is -3.55. The number of benzene rings is 2. The van der Waals surface area contributed by atoms with Crippen molar-refractivity contribution in [1.29, 1.82) is 0 Å². The van der Waals surface area contributed by atoms with E-state index in [2.05, 4.69) is 5.32 Å². The maximum absolute atomic E-state index is 12.8. The Morgan fingerprint density at radius 1 is 0.971 bits per heavy atom. The lowest BCUT2D eigenvalue weighted by Crippen LogP contribution is -2.50. The van der Waals surface area contributed by atoms with Gasteiger partial charge in [-0.15, -0.1) is 0 Å². The number of carbonyl (C=O) groups excluding carboxylic acids is 3. The number of hydrogen-bond donors (Lipinski definition) is 1. The third-order valence-electron chi connectivity index (χ3n) is 5.86. The number of para-hydroxylation sites is 1. The van der Waals surface area contributed by atoms with Gasteiger partial charge in [0.2, 0.25) is 5.91 Å². The van der Waals surface area contributed by atoms with Crippen LogP contribution in [-0.4, -0.2) is 74.0 Å². The number of rotatable bonds is 9. The maximum atomic E-state index is 12.8. The second kappa shape index (κ2) is 12.1. The van der Waals surface area contributed by atoms with E-state index in [9.17, 15) is 14.4 Å². The molecule has 1 aliphatic heterocycles. The molecule has 0 aliphatic carbocycles. The lowest BCUT2D eigenvalue weighted by Gasteiger charge is -2.35. The van der Waals surface area contributed by atoms with Gasteiger partial charge < -0.3 is 24.6 Å². The highest BCUT2D eigenvalue weighted by molar-refractivity contribution is 5.97. The van der Waals surface area contributed by atoms with Crippen molar-refractivity contribution in [2.75, 3.05) is 46.4 Å². The molecule has 0 radical (unpaired) electrons. The van der Waals surface area contributed by atoms with Gasteiger partial charge in [0, 0.05) is 44.7 Å². The summed E-state index contributed by atoms with van der Waals surface area (Å²) in [6.07, 6.45) is 0.889. The molecule has 0 saturated carbocycles. The molecule has 0 aromatic heterocycles. The Labute approximate surface area is 200 Å². The molecule has 34 heavy (non-hydrogen) atoms. The third-order valence-corrected chi connectivity index (χ3v) is 5.86. The molecule has 2 aromatic carbocycles. The summed E-state index contributed by atoms with van der Waals surface area (Å²) in [6.45, 7) is 6.68. The Bertz CT molecular complexity index is 1020. The molecule has 8 nitrogen and oxygen atoms in total.